The van der Waals surface area contributed by atoms with E-state index in [2.05, 4.69) is 12.2 Å². The predicted molar refractivity (Wildman–Crippen MR) is 78.8 cm³/mol. The van der Waals surface area contributed by atoms with Gasteiger partial charge in [0.15, 0.2) is 0 Å². The molecule has 108 valence electrons. The van der Waals surface area contributed by atoms with Crippen LogP contribution in [0.5, 0.6) is 0 Å². The van der Waals surface area contributed by atoms with Gasteiger partial charge < -0.3 is 5.32 Å². The molecular weight excluding hydrogens is 260 g/mol. The summed E-state index contributed by atoms with van der Waals surface area (Å²) in [5.41, 5.74) is 2.85. The zero-order valence-electron chi connectivity index (χ0n) is 12.4. The fourth-order valence-electron chi connectivity index (χ4n) is 1.88. The second-order valence-electron chi connectivity index (χ2n) is 5.00. The molecule has 0 bridgehead atoms. The first kappa shape index (κ1) is 16.1. The first-order valence-electron chi connectivity index (χ1n) is 6.54. The van der Waals surface area contributed by atoms with Crippen molar-refractivity contribution < 1.29 is 8.42 Å². The third-order valence-corrected chi connectivity index (χ3v) is 5.14. The molecule has 0 saturated carbocycles. The van der Waals surface area contributed by atoms with Crippen LogP contribution in [0.25, 0.3) is 0 Å². The van der Waals surface area contributed by atoms with Gasteiger partial charge in [0.2, 0.25) is 10.0 Å². The van der Waals surface area contributed by atoms with Gasteiger partial charge in [-0.05, 0) is 49.6 Å². The first-order valence-corrected chi connectivity index (χ1v) is 7.98. The number of sulfonamides is 1. The lowest BCUT2D eigenvalue weighted by atomic mass is 10.1. The van der Waals surface area contributed by atoms with Crippen LogP contribution in [0.2, 0.25) is 0 Å². The molecule has 0 radical (unpaired) electrons. The van der Waals surface area contributed by atoms with Gasteiger partial charge >= 0.3 is 0 Å². The van der Waals surface area contributed by atoms with Gasteiger partial charge in [0, 0.05) is 20.6 Å². The quantitative estimate of drug-likeness (QED) is 0.813. The molecule has 5 heteroatoms. The van der Waals surface area contributed by atoms with Crippen LogP contribution >= 0.6 is 0 Å². The minimum absolute atomic E-state index is 0.408. The summed E-state index contributed by atoms with van der Waals surface area (Å²) in [5.74, 6) is 0. The van der Waals surface area contributed by atoms with Crippen molar-refractivity contribution in [3.63, 3.8) is 0 Å². The van der Waals surface area contributed by atoms with Crippen molar-refractivity contribution >= 4 is 10.0 Å². The molecule has 19 heavy (non-hydrogen) atoms. The van der Waals surface area contributed by atoms with Gasteiger partial charge in [0.1, 0.15) is 0 Å². The number of nitrogens with zero attached hydrogens (tertiary/aromatic N) is 1. The Morgan fingerprint density at radius 3 is 2.37 bits per heavy atom. The Morgan fingerprint density at radius 2 is 1.84 bits per heavy atom. The molecule has 4 nitrogen and oxygen atoms in total. The minimum Gasteiger partial charge on any atom is -0.313 e. The Hall–Kier alpha value is -0.910. The van der Waals surface area contributed by atoms with Crippen molar-refractivity contribution in [1.82, 2.24) is 9.62 Å². The third kappa shape index (κ3) is 3.78. The molecule has 1 aromatic rings. The summed E-state index contributed by atoms with van der Waals surface area (Å²) in [4.78, 5) is 0.408. The second kappa shape index (κ2) is 6.50. The first-order chi connectivity index (χ1) is 8.80. The SMILES string of the molecule is CCCNCc1cc(C)c(C)c(S(=O)(=O)N(C)C)c1. The Labute approximate surface area is 116 Å². The van der Waals surface area contributed by atoms with E-state index >= 15 is 0 Å². The molecule has 0 aliphatic heterocycles. The van der Waals surface area contributed by atoms with Gasteiger partial charge in [0.05, 0.1) is 4.90 Å². The molecule has 0 atom stereocenters. The summed E-state index contributed by atoms with van der Waals surface area (Å²) >= 11 is 0. The van der Waals surface area contributed by atoms with Gasteiger partial charge in [-0.2, -0.15) is 0 Å². The number of benzene rings is 1. The summed E-state index contributed by atoms with van der Waals surface area (Å²) in [5, 5.41) is 3.30. The molecule has 0 spiro atoms. The summed E-state index contributed by atoms with van der Waals surface area (Å²) in [6.07, 6.45) is 1.06. The molecule has 0 aliphatic rings. The van der Waals surface area contributed by atoms with E-state index in [1.807, 2.05) is 19.9 Å². The highest BCUT2D eigenvalue weighted by Gasteiger charge is 2.21. The zero-order valence-corrected chi connectivity index (χ0v) is 13.3. The molecule has 0 saturated heterocycles. The molecule has 0 fully saturated rings. The maximum absolute atomic E-state index is 12.3. The van der Waals surface area contributed by atoms with Crippen molar-refractivity contribution in [2.45, 2.75) is 38.6 Å². The predicted octanol–water partition coefficient (Wildman–Crippen LogP) is 2.05. The minimum atomic E-state index is -3.38. The maximum atomic E-state index is 12.3. The molecule has 1 rings (SSSR count). The van der Waals surface area contributed by atoms with Gasteiger partial charge in [-0.3, -0.25) is 0 Å². The molecule has 0 aromatic heterocycles. The number of aryl methyl sites for hydroxylation is 1. The molecule has 1 aromatic carbocycles. The number of hydrogen-bond donors (Lipinski definition) is 1. The van der Waals surface area contributed by atoms with Crippen molar-refractivity contribution in [3.05, 3.63) is 28.8 Å². The Bertz CT molecular complexity index is 537. The average Bonchev–Trinajstić information content (AvgIpc) is 2.33. The van der Waals surface area contributed by atoms with E-state index in [9.17, 15) is 8.42 Å². The summed E-state index contributed by atoms with van der Waals surface area (Å²) in [6, 6.07) is 3.83. The second-order valence-corrected chi connectivity index (χ2v) is 7.12. The highest BCUT2D eigenvalue weighted by Crippen LogP contribution is 2.23. The standard InChI is InChI=1S/C14H24N2O2S/c1-6-7-15-10-13-8-11(2)12(3)14(9-13)19(17,18)16(4)5/h8-9,15H,6-7,10H2,1-5H3. The summed E-state index contributed by atoms with van der Waals surface area (Å²) < 4.78 is 25.8. The van der Waals surface area contributed by atoms with Gasteiger partial charge in [-0.1, -0.05) is 13.0 Å². The lowest BCUT2D eigenvalue weighted by Crippen LogP contribution is -2.24. The topological polar surface area (TPSA) is 49.4 Å². The van der Waals surface area contributed by atoms with E-state index in [1.165, 1.54) is 4.31 Å². The summed E-state index contributed by atoms with van der Waals surface area (Å²) in [7, 11) is -0.254. The maximum Gasteiger partial charge on any atom is 0.242 e. The van der Waals surface area contributed by atoms with E-state index < -0.39 is 10.0 Å². The highest BCUT2D eigenvalue weighted by atomic mass is 32.2. The van der Waals surface area contributed by atoms with Crippen LogP contribution in [-0.4, -0.2) is 33.4 Å². The molecule has 0 amide bonds. The molecule has 0 heterocycles. The number of rotatable bonds is 6. The Balaban J connectivity index is 3.18. The smallest absolute Gasteiger partial charge is 0.242 e. The van der Waals surface area contributed by atoms with Gasteiger partial charge in [-0.15, -0.1) is 0 Å². The Kier molecular flexibility index (Phi) is 5.52. The van der Waals surface area contributed by atoms with E-state index in [-0.39, 0.29) is 0 Å². The van der Waals surface area contributed by atoms with Crippen molar-refractivity contribution in [2.75, 3.05) is 20.6 Å². The molecule has 1 N–H and O–H groups in total. The lowest BCUT2D eigenvalue weighted by Gasteiger charge is -2.17. The van der Waals surface area contributed by atoms with E-state index in [0.29, 0.717) is 11.4 Å². The normalized spacial score (nSPS) is 12.1. The molecule has 0 aliphatic carbocycles. The van der Waals surface area contributed by atoms with Crippen LogP contribution in [0.15, 0.2) is 17.0 Å². The van der Waals surface area contributed by atoms with Crippen LogP contribution in [0.4, 0.5) is 0 Å². The fourth-order valence-corrected chi connectivity index (χ4v) is 3.12. The fraction of sp³-hybridized carbons (Fsp3) is 0.571. The Morgan fingerprint density at radius 1 is 1.21 bits per heavy atom. The van der Waals surface area contributed by atoms with Crippen LogP contribution in [0.3, 0.4) is 0 Å². The van der Waals surface area contributed by atoms with E-state index in [1.54, 1.807) is 20.2 Å². The van der Waals surface area contributed by atoms with Crippen LogP contribution < -0.4 is 5.32 Å². The number of hydrogen-bond acceptors (Lipinski definition) is 3. The van der Waals surface area contributed by atoms with E-state index in [0.717, 1.165) is 29.7 Å². The monoisotopic (exact) mass is 284 g/mol. The lowest BCUT2D eigenvalue weighted by molar-refractivity contribution is 0.519. The largest absolute Gasteiger partial charge is 0.313 e. The number of nitrogens with one attached hydrogen (secondary N) is 1. The third-order valence-electron chi connectivity index (χ3n) is 3.19. The highest BCUT2D eigenvalue weighted by molar-refractivity contribution is 7.89. The van der Waals surface area contributed by atoms with Gasteiger partial charge in [0.25, 0.3) is 0 Å². The van der Waals surface area contributed by atoms with E-state index in [4.69, 9.17) is 0 Å². The summed E-state index contributed by atoms with van der Waals surface area (Å²) in [6.45, 7) is 7.55. The van der Waals surface area contributed by atoms with Crippen molar-refractivity contribution in [3.8, 4) is 0 Å². The molecular formula is C14H24N2O2S. The van der Waals surface area contributed by atoms with Crippen molar-refractivity contribution in [1.29, 1.82) is 0 Å². The average molecular weight is 284 g/mol. The van der Waals surface area contributed by atoms with Crippen LogP contribution in [-0.2, 0) is 16.6 Å². The van der Waals surface area contributed by atoms with Crippen LogP contribution in [0.1, 0.15) is 30.0 Å². The zero-order chi connectivity index (χ0) is 14.6. The molecule has 0 unspecified atom stereocenters. The van der Waals surface area contributed by atoms with Gasteiger partial charge in [-0.25, -0.2) is 12.7 Å². The van der Waals surface area contributed by atoms with Crippen LogP contribution in [0, 0.1) is 13.8 Å². The van der Waals surface area contributed by atoms with Crippen molar-refractivity contribution in [2.24, 2.45) is 0 Å².